The predicted molar refractivity (Wildman–Crippen MR) is 74.1 cm³/mol. The van der Waals surface area contributed by atoms with Crippen LogP contribution in [0.4, 0.5) is 8.78 Å². The fourth-order valence-electron chi connectivity index (χ4n) is 2.93. The summed E-state index contributed by atoms with van der Waals surface area (Å²) < 4.78 is 27.5. The van der Waals surface area contributed by atoms with Crippen molar-refractivity contribution >= 4 is 0 Å². The highest BCUT2D eigenvalue weighted by atomic mass is 19.1. The largest absolute Gasteiger partial charge is 0.310 e. The van der Waals surface area contributed by atoms with Gasteiger partial charge in [0, 0.05) is 12.1 Å². The SMILES string of the molecule is CCCNC1CC(C)(C)CCc2c(F)cc(F)cc21. The first kappa shape index (κ1) is 14.4. The molecule has 2 rings (SSSR count). The molecule has 0 bridgehead atoms. The Hall–Kier alpha value is -0.960. The lowest BCUT2D eigenvalue weighted by atomic mass is 9.83. The smallest absolute Gasteiger partial charge is 0.129 e. The second kappa shape index (κ2) is 5.58. The standard InChI is InChI=1S/C16H23F2N/c1-4-7-19-15-10-16(2,3)6-5-12-13(15)8-11(17)9-14(12)18/h8-9,15,19H,4-7,10H2,1-3H3. The number of hydrogen-bond acceptors (Lipinski definition) is 1. The van der Waals surface area contributed by atoms with Crippen molar-refractivity contribution in [3.8, 4) is 0 Å². The maximum Gasteiger partial charge on any atom is 0.129 e. The summed E-state index contributed by atoms with van der Waals surface area (Å²) in [5.41, 5.74) is 1.66. The molecule has 1 nitrogen and oxygen atoms in total. The first-order valence-electron chi connectivity index (χ1n) is 7.14. The Labute approximate surface area is 114 Å². The normalized spacial score (nSPS) is 21.8. The minimum atomic E-state index is -0.473. The molecule has 0 aromatic heterocycles. The lowest BCUT2D eigenvalue weighted by Gasteiger charge is -2.27. The van der Waals surface area contributed by atoms with Gasteiger partial charge in [0.25, 0.3) is 0 Å². The maximum atomic E-state index is 14.0. The molecule has 0 saturated heterocycles. The molecular weight excluding hydrogens is 244 g/mol. The van der Waals surface area contributed by atoms with Crippen LogP contribution in [0.15, 0.2) is 12.1 Å². The Morgan fingerprint density at radius 3 is 2.74 bits per heavy atom. The predicted octanol–water partition coefficient (Wildman–Crippen LogP) is 4.37. The van der Waals surface area contributed by atoms with Gasteiger partial charge >= 0.3 is 0 Å². The first-order chi connectivity index (χ1) is 8.93. The van der Waals surface area contributed by atoms with Gasteiger partial charge in [0.05, 0.1) is 0 Å². The molecule has 3 heteroatoms. The number of hydrogen-bond donors (Lipinski definition) is 1. The quantitative estimate of drug-likeness (QED) is 0.802. The molecule has 19 heavy (non-hydrogen) atoms. The van der Waals surface area contributed by atoms with Crippen molar-refractivity contribution < 1.29 is 8.78 Å². The summed E-state index contributed by atoms with van der Waals surface area (Å²) >= 11 is 0. The highest BCUT2D eigenvalue weighted by molar-refractivity contribution is 5.34. The molecule has 1 aromatic carbocycles. The van der Waals surface area contributed by atoms with Gasteiger partial charge in [-0.2, -0.15) is 0 Å². The van der Waals surface area contributed by atoms with Crippen LogP contribution in [0, 0.1) is 17.0 Å². The summed E-state index contributed by atoms with van der Waals surface area (Å²) in [7, 11) is 0. The van der Waals surface area contributed by atoms with Gasteiger partial charge in [-0.05, 0) is 54.8 Å². The number of rotatable bonds is 3. The van der Waals surface area contributed by atoms with Crippen molar-refractivity contribution in [1.82, 2.24) is 5.32 Å². The Bertz CT molecular complexity index is 454. The van der Waals surface area contributed by atoms with E-state index in [0.717, 1.165) is 37.4 Å². The Kier molecular flexibility index (Phi) is 4.24. The highest BCUT2D eigenvalue weighted by Gasteiger charge is 2.30. The van der Waals surface area contributed by atoms with Gasteiger partial charge in [-0.25, -0.2) is 8.78 Å². The summed E-state index contributed by atoms with van der Waals surface area (Å²) in [6, 6.07) is 2.57. The molecule has 0 radical (unpaired) electrons. The summed E-state index contributed by atoms with van der Waals surface area (Å²) in [5.74, 6) is -0.866. The zero-order valence-corrected chi connectivity index (χ0v) is 12.0. The molecule has 0 fully saturated rings. The van der Waals surface area contributed by atoms with Crippen LogP contribution in [-0.4, -0.2) is 6.54 Å². The third-order valence-electron chi connectivity index (χ3n) is 4.02. The minimum absolute atomic E-state index is 0.0534. The summed E-state index contributed by atoms with van der Waals surface area (Å²) in [6.45, 7) is 7.38. The van der Waals surface area contributed by atoms with Crippen LogP contribution in [-0.2, 0) is 6.42 Å². The number of benzene rings is 1. The van der Waals surface area contributed by atoms with Crippen LogP contribution in [0.25, 0.3) is 0 Å². The second-order valence-corrected chi connectivity index (χ2v) is 6.33. The van der Waals surface area contributed by atoms with E-state index in [1.165, 1.54) is 6.07 Å². The fourth-order valence-corrected chi connectivity index (χ4v) is 2.93. The molecule has 1 aliphatic rings. The lowest BCUT2D eigenvalue weighted by molar-refractivity contribution is 0.273. The molecule has 1 unspecified atom stereocenters. The van der Waals surface area contributed by atoms with Gasteiger partial charge in [-0.15, -0.1) is 0 Å². The molecule has 0 saturated carbocycles. The van der Waals surface area contributed by atoms with Crippen LogP contribution in [0.5, 0.6) is 0 Å². The monoisotopic (exact) mass is 267 g/mol. The van der Waals surface area contributed by atoms with Gasteiger partial charge in [-0.1, -0.05) is 20.8 Å². The van der Waals surface area contributed by atoms with E-state index in [1.807, 2.05) is 0 Å². The third kappa shape index (κ3) is 3.33. The van der Waals surface area contributed by atoms with Crippen molar-refractivity contribution in [1.29, 1.82) is 0 Å². The van der Waals surface area contributed by atoms with E-state index in [-0.39, 0.29) is 11.5 Å². The molecule has 106 valence electrons. The van der Waals surface area contributed by atoms with Crippen LogP contribution >= 0.6 is 0 Å². The van der Waals surface area contributed by atoms with Crippen molar-refractivity contribution in [3.63, 3.8) is 0 Å². The second-order valence-electron chi connectivity index (χ2n) is 6.33. The molecular formula is C16H23F2N. The zero-order valence-electron chi connectivity index (χ0n) is 12.0. The lowest BCUT2D eigenvalue weighted by Crippen LogP contribution is -2.26. The zero-order chi connectivity index (χ0) is 14.0. The summed E-state index contributed by atoms with van der Waals surface area (Å²) in [6.07, 6.45) is 3.57. The van der Waals surface area contributed by atoms with E-state index in [4.69, 9.17) is 0 Å². The molecule has 0 amide bonds. The van der Waals surface area contributed by atoms with E-state index in [1.54, 1.807) is 0 Å². The van der Waals surface area contributed by atoms with Crippen molar-refractivity contribution in [3.05, 3.63) is 34.9 Å². The first-order valence-corrected chi connectivity index (χ1v) is 7.14. The van der Waals surface area contributed by atoms with E-state index >= 15 is 0 Å². The number of halogens is 2. The van der Waals surface area contributed by atoms with E-state index in [0.29, 0.717) is 12.0 Å². The Morgan fingerprint density at radius 1 is 1.32 bits per heavy atom. The maximum absolute atomic E-state index is 14.0. The van der Waals surface area contributed by atoms with Crippen molar-refractivity contribution in [2.45, 2.75) is 52.5 Å². The van der Waals surface area contributed by atoms with E-state index in [2.05, 4.69) is 26.1 Å². The topological polar surface area (TPSA) is 12.0 Å². The molecule has 1 aromatic rings. The van der Waals surface area contributed by atoms with Crippen LogP contribution in [0.2, 0.25) is 0 Å². The summed E-state index contributed by atoms with van der Waals surface area (Å²) in [4.78, 5) is 0. The average Bonchev–Trinajstić information content (AvgIpc) is 2.44. The van der Waals surface area contributed by atoms with Crippen molar-refractivity contribution in [2.24, 2.45) is 5.41 Å². The van der Waals surface area contributed by atoms with Gasteiger partial charge in [0.15, 0.2) is 0 Å². The number of fused-ring (bicyclic) bond motifs is 1. The van der Waals surface area contributed by atoms with E-state index in [9.17, 15) is 8.78 Å². The molecule has 1 aliphatic carbocycles. The average molecular weight is 267 g/mol. The Balaban J connectivity index is 2.40. The highest BCUT2D eigenvalue weighted by Crippen LogP contribution is 2.40. The third-order valence-corrected chi connectivity index (χ3v) is 4.02. The molecule has 0 aliphatic heterocycles. The van der Waals surface area contributed by atoms with Crippen LogP contribution in [0.1, 0.15) is 57.2 Å². The van der Waals surface area contributed by atoms with Crippen molar-refractivity contribution in [2.75, 3.05) is 6.54 Å². The van der Waals surface area contributed by atoms with Gasteiger partial charge < -0.3 is 5.32 Å². The van der Waals surface area contributed by atoms with Gasteiger partial charge in [-0.3, -0.25) is 0 Å². The fraction of sp³-hybridized carbons (Fsp3) is 0.625. The van der Waals surface area contributed by atoms with Gasteiger partial charge in [0.2, 0.25) is 0 Å². The molecule has 0 heterocycles. The van der Waals surface area contributed by atoms with Crippen LogP contribution < -0.4 is 5.32 Å². The molecule has 0 spiro atoms. The minimum Gasteiger partial charge on any atom is -0.310 e. The Morgan fingerprint density at radius 2 is 2.05 bits per heavy atom. The van der Waals surface area contributed by atoms with Crippen LogP contribution in [0.3, 0.4) is 0 Å². The molecule has 1 N–H and O–H groups in total. The summed E-state index contributed by atoms with van der Waals surface area (Å²) in [5, 5.41) is 3.44. The molecule has 1 atom stereocenters. The van der Waals surface area contributed by atoms with E-state index < -0.39 is 11.6 Å². The number of nitrogens with one attached hydrogen (secondary N) is 1. The van der Waals surface area contributed by atoms with Gasteiger partial charge in [0.1, 0.15) is 11.6 Å².